The zero-order valence-electron chi connectivity index (χ0n) is 10.2. The van der Waals surface area contributed by atoms with Crippen molar-refractivity contribution in [3.05, 3.63) is 35.1 Å². The first-order valence-electron chi connectivity index (χ1n) is 5.60. The fraction of sp³-hybridized carbons (Fsp3) is 0.200. The molecule has 2 rings (SSSR count). The summed E-state index contributed by atoms with van der Waals surface area (Å²) in [5.74, 6) is 1.53. The Kier molecular flexibility index (Phi) is 2.88. The van der Waals surface area contributed by atoms with Crippen molar-refractivity contribution < 1.29 is 14.6 Å². The van der Waals surface area contributed by atoms with E-state index >= 15 is 0 Å². The molecule has 0 aromatic heterocycles. The molecule has 92 valence electrons. The molecule has 0 saturated carbocycles. The van der Waals surface area contributed by atoms with Crippen LogP contribution in [0.2, 0.25) is 0 Å². The normalized spacial score (nSPS) is 10.8. The molecule has 0 unspecified atom stereocenters. The molecule has 0 amide bonds. The van der Waals surface area contributed by atoms with Crippen LogP contribution in [0.5, 0.6) is 11.5 Å². The average Bonchev–Trinajstić information content (AvgIpc) is 2.29. The van der Waals surface area contributed by atoms with Gasteiger partial charge in [-0.05, 0) is 23.6 Å². The molecule has 0 aliphatic heterocycles. The molecule has 2 N–H and O–H groups in total. The molecule has 0 aliphatic carbocycles. The van der Waals surface area contributed by atoms with Crippen LogP contribution in [-0.4, -0.2) is 10.2 Å². The number of aromatic hydroxyl groups is 2. The van der Waals surface area contributed by atoms with E-state index in [0.29, 0.717) is 16.3 Å². The fourth-order valence-corrected chi connectivity index (χ4v) is 2.12. The molecule has 0 saturated heterocycles. The van der Waals surface area contributed by atoms with Crippen LogP contribution < -0.4 is 0 Å². The summed E-state index contributed by atoms with van der Waals surface area (Å²) in [5, 5.41) is 20.3. The Bertz CT molecular complexity index is 666. The minimum Gasteiger partial charge on any atom is -0.508 e. The van der Waals surface area contributed by atoms with Crippen molar-refractivity contribution in [2.45, 2.75) is 19.8 Å². The second kappa shape index (κ2) is 4.23. The van der Waals surface area contributed by atoms with Crippen LogP contribution >= 0.6 is 0 Å². The molecule has 0 atom stereocenters. The minimum atomic E-state index is -0.630. The van der Waals surface area contributed by atoms with Gasteiger partial charge in [0, 0.05) is 16.8 Å². The molecule has 0 radical (unpaired) electrons. The molecule has 0 fully saturated rings. The molecule has 3 heteroatoms. The second-order valence-corrected chi connectivity index (χ2v) is 4.51. The fourth-order valence-electron chi connectivity index (χ4n) is 2.12. The predicted octanol–water partition coefficient (Wildman–Crippen LogP) is 3.49. The first-order chi connectivity index (χ1) is 8.45. The molecule has 0 bridgehead atoms. The van der Waals surface area contributed by atoms with Gasteiger partial charge in [0.1, 0.15) is 17.3 Å². The summed E-state index contributed by atoms with van der Waals surface area (Å²) < 4.78 is 13.8. The lowest BCUT2D eigenvalue weighted by atomic mass is 9.92. The van der Waals surface area contributed by atoms with Gasteiger partial charge >= 0.3 is 0 Å². The Morgan fingerprint density at radius 2 is 1.89 bits per heavy atom. The summed E-state index contributed by atoms with van der Waals surface area (Å²) in [7, 11) is 0. The van der Waals surface area contributed by atoms with Crippen molar-refractivity contribution in [1.29, 1.82) is 0 Å². The number of phenols is 2. The number of benzene rings is 2. The van der Waals surface area contributed by atoms with Crippen LogP contribution in [0.4, 0.5) is 4.39 Å². The van der Waals surface area contributed by atoms with E-state index in [1.165, 1.54) is 6.07 Å². The van der Waals surface area contributed by atoms with E-state index in [1.807, 2.05) is 13.8 Å². The summed E-state index contributed by atoms with van der Waals surface area (Å²) in [6.45, 7) is 3.83. The standard InChI is InChI=1S/C15H13FO2/c1-4-10-13(16)7-14(18)12-6-9(17)5-11(8(2)3)15(10)12/h1,5-8,17-18H,2-3H3. The predicted molar refractivity (Wildman–Crippen MR) is 69.3 cm³/mol. The third kappa shape index (κ3) is 1.76. The number of rotatable bonds is 1. The number of terminal acetylenes is 1. The summed E-state index contributed by atoms with van der Waals surface area (Å²) in [6.07, 6.45) is 5.34. The summed E-state index contributed by atoms with van der Waals surface area (Å²) in [4.78, 5) is 0. The zero-order chi connectivity index (χ0) is 13.4. The van der Waals surface area contributed by atoms with Crippen LogP contribution in [0.15, 0.2) is 18.2 Å². The first-order valence-corrected chi connectivity index (χ1v) is 5.60. The number of hydrogen-bond donors (Lipinski definition) is 2. The van der Waals surface area contributed by atoms with Gasteiger partial charge in [-0.15, -0.1) is 6.42 Å². The highest BCUT2D eigenvalue weighted by atomic mass is 19.1. The van der Waals surface area contributed by atoms with E-state index in [9.17, 15) is 14.6 Å². The highest BCUT2D eigenvalue weighted by Crippen LogP contribution is 2.37. The SMILES string of the molecule is C#Cc1c(F)cc(O)c2cc(O)cc(C(C)C)c12. The molecule has 18 heavy (non-hydrogen) atoms. The maximum atomic E-state index is 13.8. The van der Waals surface area contributed by atoms with Gasteiger partial charge in [0.25, 0.3) is 0 Å². The molecule has 0 aliphatic rings. The van der Waals surface area contributed by atoms with E-state index in [-0.39, 0.29) is 23.0 Å². The Morgan fingerprint density at radius 3 is 2.44 bits per heavy atom. The van der Waals surface area contributed by atoms with Crippen LogP contribution in [-0.2, 0) is 0 Å². The average molecular weight is 244 g/mol. The van der Waals surface area contributed by atoms with Crippen molar-refractivity contribution in [3.63, 3.8) is 0 Å². The largest absolute Gasteiger partial charge is 0.508 e. The van der Waals surface area contributed by atoms with Gasteiger partial charge in [0.15, 0.2) is 0 Å². The summed E-state index contributed by atoms with van der Waals surface area (Å²) in [5.41, 5.74) is 0.833. The molecule has 0 heterocycles. The van der Waals surface area contributed by atoms with Crippen molar-refractivity contribution in [3.8, 4) is 23.8 Å². The highest BCUT2D eigenvalue weighted by Gasteiger charge is 2.16. The summed E-state index contributed by atoms with van der Waals surface area (Å²) in [6, 6.07) is 3.91. The Hall–Kier alpha value is -2.21. The minimum absolute atomic E-state index is 0.0241. The highest BCUT2D eigenvalue weighted by molar-refractivity contribution is 5.96. The molecule has 2 nitrogen and oxygen atoms in total. The number of fused-ring (bicyclic) bond motifs is 1. The van der Waals surface area contributed by atoms with Crippen molar-refractivity contribution in [2.75, 3.05) is 0 Å². The van der Waals surface area contributed by atoms with Gasteiger partial charge in [0.05, 0.1) is 5.56 Å². The van der Waals surface area contributed by atoms with E-state index in [2.05, 4.69) is 5.92 Å². The molecule has 0 spiro atoms. The number of phenolic OH excluding ortho intramolecular Hbond substituents is 2. The van der Waals surface area contributed by atoms with Crippen LogP contribution in [0.1, 0.15) is 30.9 Å². The van der Waals surface area contributed by atoms with Gasteiger partial charge in [0.2, 0.25) is 0 Å². The number of halogens is 1. The third-order valence-electron chi connectivity index (χ3n) is 2.95. The van der Waals surface area contributed by atoms with Gasteiger partial charge in [-0.3, -0.25) is 0 Å². The monoisotopic (exact) mass is 244 g/mol. The van der Waals surface area contributed by atoms with Crippen LogP contribution in [0.25, 0.3) is 10.8 Å². The van der Waals surface area contributed by atoms with E-state index in [0.717, 1.165) is 6.07 Å². The van der Waals surface area contributed by atoms with Crippen molar-refractivity contribution >= 4 is 10.8 Å². The van der Waals surface area contributed by atoms with E-state index in [1.54, 1.807) is 6.07 Å². The molecular formula is C15H13FO2. The smallest absolute Gasteiger partial charge is 0.143 e. The van der Waals surface area contributed by atoms with Gasteiger partial charge in [-0.2, -0.15) is 0 Å². The molecular weight excluding hydrogens is 231 g/mol. The Morgan fingerprint density at radius 1 is 1.22 bits per heavy atom. The summed E-state index contributed by atoms with van der Waals surface area (Å²) >= 11 is 0. The third-order valence-corrected chi connectivity index (χ3v) is 2.95. The molecule has 2 aromatic rings. The van der Waals surface area contributed by atoms with E-state index in [4.69, 9.17) is 6.42 Å². The van der Waals surface area contributed by atoms with Crippen molar-refractivity contribution in [1.82, 2.24) is 0 Å². The lowest BCUT2D eigenvalue weighted by Crippen LogP contribution is -1.95. The molecule has 2 aromatic carbocycles. The Labute approximate surface area is 105 Å². The maximum absolute atomic E-state index is 13.8. The Balaban J connectivity index is 3.06. The topological polar surface area (TPSA) is 40.5 Å². The van der Waals surface area contributed by atoms with Gasteiger partial charge in [-0.1, -0.05) is 19.8 Å². The van der Waals surface area contributed by atoms with Gasteiger partial charge < -0.3 is 10.2 Å². The maximum Gasteiger partial charge on any atom is 0.143 e. The first kappa shape index (κ1) is 12.3. The lowest BCUT2D eigenvalue weighted by Gasteiger charge is -2.14. The zero-order valence-corrected chi connectivity index (χ0v) is 10.2. The van der Waals surface area contributed by atoms with Gasteiger partial charge in [-0.25, -0.2) is 4.39 Å². The van der Waals surface area contributed by atoms with Crippen LogP contribution in [0.3, 0.4) is 0 Å². The van der Waals surface area contributed by atoms with Crippen molar-refractivity contribution in [2.24, 2.45) is 0 Å². The van der Waals surface area contributed by atoms with Crippen LogP contribution in [0, 0.1) is 18.2 Å². The quantitative estimate of drug-likeness (QED) is 0.754. The van der Waals surface area contributed by atoms with E-state index < -0.39 is 5.82 Å². The number of hydrogen-bond acceptors (Lipinski definition) is 2. The lowest BCUT2D eigenvalue weighted by molar-refractivity contribution is 0.468. The second-order valence-electron chi connectivity index (χ2n) is 4.51.